The normalized spacial score (nSPS) is 17.1. The van der Waals surface area contributed by atoms with E-state index in [0.29, 0.717) is 25.5 Å². The fourth-order valence-corrected chi connectivity index (χ4v) is 2.11. The van der Waals surface area contributed by atoms with Crippen LogP contribution in [0, 0.1) is 0 Å². The number of benzene rings is 1. The number of carbonyl (C=O) groups is 1. The molecule has 122 valence electrons. The van der Waals surface area contributed by atoms with Crippen molar-refractivity contribution >= 4 is 5.91 Å². The maximum atomic E-state index is 10.8. The van der Waals surface area contributed by atoms with E-state index in [-0.39, 0.29) is 18.9 Å². The lowest BCUT2D eigenvalue weighted by molar-refractivity contribution is -0.117. The number of rotatable bonds is 8. The highest BCUT2D eigenvalue weighted by atomic mass is 16.5. The molecule has 1 aromatic carbocycles. The molecule has 2 rings (SSSR count). The third-order valence-corrected chi connectivity index (χ3v) is 3.31. The van der Waals surface area contributed by atoms with E-state index < -0.39 is 6.10 Å². The summed E-state index contributed by atoms with van der Waals surface area (Å²) in [4.78, 5) is 10.8. The number of hydrogen-bond acceptors (Lipinski definition) is 6. The molecule has 0 aromatic heterocycles. The Bertz CT molecular complexity index is 460. The average Bonchev–Trinajstić information content (AvgIpc) is 2.53. The van der Waals surface area contributed by atoms with Gasteiger partial charge in [-0.1, -0.05) is 12.1 Å². The van der Waals surface area contributed by atoms with Crippen molar-refractivity contribution in [2.75, 3.05) is 39.5 Å². The van der Waals surface area contributed by atoms with Gasteiger partial charge in [-0.2, -0.15) is 0 Å². The average molecular weight is 309 g/mol. The Morgan fingerprint density at radius 1 is 1.36 bits per heavy atom. The highest BCUT2D eigenvalue weighted by Crippen LogP contribution is 2.12. The lowest BCUT2D eigenvalue weighted by Gasteiger charge is -2.28. The number of carbonyl (C=O) groups excluding carboxylic acids is 1. The summed E-state index contributed by atoms with van der Waals surface area (Å²) in [7, 11) is 0. The molecule has 7 nitrogen and oxygen atoms in total. The number of morpholine rings is 1. The Morgan fingerprint density at radius 3 is 2.68 bits per heavy atom. The van der Waals surface area contributed by atoms with Gasteiger partial charge >= 0.3 is 0 Å². The van der Waals surface area contributed by atoms with Crippen LogP contribution in [0.3, 0.4) is 0 Å². The van der Waals surface area contributed by atoms with Crippen molar-refractivity contribution in [1.82, 2.24) is 10.4 Å². The lowest BCUT2D eigenvalue weighted by Crippen LogP contribution is -2.48. The quantitative estimate of drug-likeness (QED) is 0.587. The number of nitrogens with two attached hydrogens (primary N) is 1. The van der Waals surface area contributed by atoms with Gasteiger partial charge in [0.15, 0.2) is 0 Å². The Balaban J connectivity index is 1.66. The molecule has 1 aliphatic rings. The van der Waals surface area contributed by atoms with Crippen LogP contribution in [0.25, 0.3) is 0 Å². The molecule has 0 radical (unpaired) electrons. The van der Waals surface area contributed by atoms with Gasteiger partial charge in [-0.3, -0.25) is 10.2 Å². The second kappa shape index (κ2) is 8.70. The number of primary amides is 1. The molecule has 1 amide bonds. The Labute approximate surface area is 130 Å². The van der Waals surface area contributed by atoms with E-state index in [2.05, 4.69) is 5.43 Å². The molecule has 1 heterocycles. The van der Waals surface area contributed by atoms with Crippen LogP contribution in [-0.4, -0.2) is 61.6 Å². The van der Waals surface area contributed by atoms with Crippen LogP contribution in [-0.2, 0) is 16.0 Å². The fraction of sp³-hybridized carbons (Fsp3) is 0.533. The predicted molar refractivity (Wildman–Crippen MR) is 81.2 cm³/mol. The van der Waals surface area contributed by atoms with Gasteiger partial charge in [0.25, 0.3) is 0 Å². The topological polar surface area (TPSA) is 97.1 Å². The number of aliphatic hydroxyl groups is 1. The first-order valence-electron chi connectivity index (χ1n) is 7.38. The van der Waals surface area contributed by atoms with Crippen molar-refractivity contribution in [3.8, 4) is 5.75 Å². The van der Waals surface area contributed by atoms with Crippen LogP contribution in [0.1, 0.15) is 5.56 Å². The van der Waals surface area contributed by atoms with Crippen LogP contribution in [0.2, 0.25) is 0 Å². The smallest absolute Gasteiger partial charge is 0.221 e. The van der Waals surface area contributed by atoms with Crippen LogP contribution in [0.4, 0.5) is 0 Å². The maximum absolute atomic E-state index is 10.8. The molecule has 0 saturated carbocycles. The zero-order valence-electron chi connectivity index (χ0n) is 12.5. The van der Waals surface area contributed by atoms with Gasteiger partial charge in [-0.15, -0.1) is 0 Å². The molecule has 1 aliphatic heterocycles. The first-order chi connectivity index (χ1) is 10.6. The lowest BCUT2D eigenvalue weighted by atomic mass is 10.1. The number of nitrogens with zero attached hydrogens (tertiary/aromatic N) is 1. The van der Waals surface area contributed by atoms with Gasteiger partial charge in [0.1, 0.15) is 18.5 Å². The summed E-state index contributed by atoms with van der Waals surface area (Å²) in [6.45, 7) is 3.67. The summed E-state index contributed by atoms with van der Waals surface area (Å²) in [5.41, 5.74) is 9.14. The minimum Gasteiger partial charge on any atom is -0.491 e. The van der Waals surface area contributed by atoms with E-state index in [1.165, 1.54) is 0 Å². The van der Waals surface area contributed by atoms with Gasteiger partial charge in [0, 0.05) is 19.6 Å². The molecule has 1 aromatic rings. The highest BCUT2D eigenvalue weighted by Gasteiger charge is 2.12. The number of amides is 1. The largest absolute Gasteiger partial charge is 0.491 e. The molecule has 0 aliphatic carbocycles. The van der Waals surface area contributed by atoms with E-state index >= 15 is 0 Å². The number of aliphatic hydroxyl groups excluding tert-OH is 1. The summed E-state index contributed by atoms with van der Waals surface area (Å²) in [5, 5.41) is 11.9. The van der Waals surface area contributed by atoms with E-state index in [1.54, 1.807) is 24.3 Å². The first-order valence-corrected chi connectivity index (χ1v) is 7.38. The van der Waals surface area contributed by atoms with Crippen molar-refractivity contribution in [2.45, 2.75) is 12.5 Å². The zero-order chi connectivity index (χ0) is 15.8. The van der Waals surface area contributed by atoms with Gasteiger partial charge in [-0.05, 0) is 17.7 Å². The monoisotopic (exact) mass is 309 g/mol. The van der Waals surface area contributed by atoms with Crippen molar-refractivity contribution in [1.29, 1.82) is 0 Å². The highest BCUT2D eigenvalue weighted by molar-refractivity contribution is 5.76. The van der Waals surface area contributed by atoms with Crippen molar-refractivity contribution < 1.29 is 19.4 Å². The molecular formula is C15H23N3O4. The van der Waals surface area contributed by atoms with Crippen LogP contribution in [0.5, 0.6) is 5.75 Å². The SMILES string of the molecule is NC(=O)Cc1ccc(OC[C@H](O)CNN2CCOCC2)cc1. The van der Waals surface area contributed by atoms with Gasteiger partial charge in [-0.25, -0.2) is 5.01 Å². The summed E-state index contributed by atoms with van der Waals surface area (Å²) < 4.78 is 10.8. The third-order valence-electron chi connectivity index (χ3n) is 3.31. The summed E-state index contributed by atoms with van der Waals surface area (Å²) in [6, 6.07) is 7.11. The second-order valence-corrected chi connectivity index (χ2v) is 5.21. The molecule has 1 atom stereocenters. The summed E-state index contributed by atoms with van der Waals surface area (Å²) in [5.74, 6) is 0.289. The van der Waals surface area contributed by atoms with E-state index in [0.717, 1.165) is 18.7 Å². The van der Waals surface area contributed by atoms with Crippen molar-refractivity contribution in [3.05, 3.63) is 29.8 Å². The van der Waals surface area contributed by atoms with Crippen LogP contribution < -0.4 is 15.9 Å². The molecule has 1 saturated heterocycles. The minimum absolute atomic E-state index is 0.201. The summed E-state index contributed by atoms with van der Waals surface area (Å²) >= 11 is 0. The Hall–Kier alpha value is -1.67. The van der Waals surface area contributed by atoms with Crippen LogP contribution >= 0.6 is 0 Å². The van der Waals surface area contributed by atoms with E-state index in [1.807, 2.05) is 5.01 Å². The third kappa shape index (κ3) is 5.98. The molecule has 0 bridgehead atoms. The van der Waals surface area contributed by atoms with Gasteiger partial charge in [0.2, 0.25) is 5.91 Å². The standard InChI is InChI=1S/C15H23N3O4/c16-15(20)9-12-1-3-14(4-2-12)22-11-13(19)10-17-18-5-7-21-8-6-18/h1-4,13,17,19H,5-11H2,(H2,16,20)/t13-/m1/s1. The summed E-state index contributed by atoms with van der Waals surface area (Å²) in [6.07, 6.45) is -0.389. The number of hydrazine groups is 1. The maximum Gasteiger partial charge on any atom is 0.221 e. The van der Waals surface area contributed by atoms with Crippen LogP contribution in [0.15, 0.2) is 24.3 Å². The predicted octanol–water partition coefficient (Wildman–Crippen LogP) is -0.709. The molecular weight excluding hydrogens is 286 g/mol. The van der Waals surface area contributed by atoms with Gasteiger partial charge in [0.05, 0.1) is 19.6 Å². The Morgan fingerprint density at radius 2 is 2.05 bits per heavy atom. The molecule has 1 fully saturated rings. The molecule has 22 heavy (non-hydrogen) atoms. The van der Waals surface area contributed by atoms with Crippen molar-refractivity contribution in [3.63, 3.8) is 0 Å². The molecule has 7 heteroatoms. The zero-order valence-corrected chi connectivity index (χ0v) is 12.5. The molecule has 0 unspecified atom stereocenters. The second-order valence-electron chi connectivity index (χ2n) is 5.21. The first kappa shape index (κ1) is 16.7. The van der Waals surface area contributed by atoms with Crippen molar-refractivity contribution in [2.24, 2.45) is 5.73 Å². The number of ether oxygens (including phenoxy) is 2. The number of hydrogen-bond donors (Lipinski definition) is 3. The van der Waals surface area contributed by atoms with Gasteiger partial charge < -0.3 is 20.3 Å². The number of nitrogens with one attached hydrogen (secondary N) is 1. The fourth-order valence-electron chi connectivity index (χ4n) is 2.11. The molecule has 4 N–H and O–H groups in total. The minimum atomic E-state index is -0.604. The Kier molecular flexibility index (Phi) is 6.60. The van der Waals surface area contributed by atoms with E-state index in [4.69, 9.17) is 15.2 Å². The molecule has 0 spiro atoms. The van der Waals surface area contributed by atoms with E-state index in [9.17, 15) is 9.90 Å².